The summed E-state index contributed by atoms with van der Waals surface area (Å²) in [5.74, 6) is -0.587. The van der Waals surface area contributed by atoms with E-state index in [-0.39, 0.29) is 25.2 Å². The second-order valence-electron chi connectivity index (χ2n) is 15.5. The highest BCUT2D eigenvalue weighted by atomic mass is 16.6. The first-order valence-electron chi connectivity index (χ1n) is 22.7. The first kappa shape index (κ1) is 49.6. The van der Waals surface area contributed by atoms with Gasteiger partial charge < -0.3 is 14.6 Å². The third-order valence-corrected chi connectivity index (χ3v) is 10.3. The Labute approximate surface area is 318 Å². The van der Waals surface area contributed by atoms with Crippen LogP contribution in [0.1, 0.15) is 251 Å². The number of carbonyl (C=O) groups is 2. The summed E-state index contributed by atoms with van der Waals surface area (Å²) >= 11 is 0. The molecule has 0 heterocycles. The van der Waals surface area contributed by atoms with Gasteiger partial charge in [-0.2, -0.15) is 0 Å². The monoisotopic (exact) mass is 721 g/mol. The minimum Gasteiger partial charge on any atom is -0.462 e. The number of ether oxygens (including phenoxy) is 2. The lowest BCUT2D eigenvalue weighted by Crippen LogP contribution is -2.28. The molecule has 0 rings (SSSR count). The van der Waals surface area contributed by atoms with Crippen LogP contribution in [0.3, 0.4) is 0 Å². The predicted molar refractivity (Wildman–Crippen MR) is 219 cm³/mol. The lowest BCUT2D eigenvalue weighted by atomic mass is 10.0. The van der Waals surface area contributed by atoms with E-state index in [1.165, 1.54) is 186 Å². The zero-order valence-corrected chi connectivity index (χ0v) is 34.4. The Morgan fingerprint density at radius 3 is 1.08 bits per heavy atom. The number of carbonyl (C=O) groups excluding carboxylic acids is 2. The average Bonchev–Trinajstić information content (AvgIpc) is 3.13. The maximum absolute atomic E-state index is 12.2. The van der Waals surface area contributed by atoms with E-state index in [9.17, 15) is 14.7 Å². The van der Waals surface area contributed by atoms with Crippen molar-refractivity contribution < 1.29 is 24.2 Å². The van der Waals surface area contributed by atoms with Crippen molar-refractivity contribution in [1.29, 1.82) is 0 Å². The molecule has 0 amide bonds. The summed E-state index contributed by atoms with van der Waals surface area (Å²) in [6, 6.07) is 0. The van der Waals surface area contributed by atoms with Crippen LogP contribution in [0, 0.1) is 0 Å². The molecule has 0 aromatic carbocycles. The summed E-state index contributed by atoms with van der Waals surface area (Å²) in [7, 11) is 0. The van der Waals surface area contributed by atoms with Gasteiger partial charge in [-0.3, -0.25) is 9.59 Å². The number of allylic oxidation sites excluding steroid dienone is 2. The topological polar surface area (TPSA) is 72.8 Å². The third-order valence-electron chi connectivity index (χ3n) is 10.3. The normalized spacial score (nSPS) is 12.1. The fourth-order valence-corrected chi connectivity index (χ4v) is 6.85. The lowest BCUT2D eigenvalue weighted by molar-refractivity contribution is -0.161. The maximum atomic E-state index is 12.2. The van der Waals surface area contributed by atoms with Crippen LogP contribution in [-0.2, 0) is 19.1 Å². The average molecular weight is 721 g/mol. The van der Waals surface area contributed by atoms with Crippen LogP contribution < -0.4 is 0 Å². The van der Waals surface area contributed by atoms with Gasteiger partial charge >= 0.3 is 11.9 Å². The second-order valence-corrected chi connectivity index (χ2v) is 15.5. The minimum atomic E-state index is -0.769. The molecular weight excluding hydrogens is 633 g/mol. The van der Waals surface area contributed by atoms with Crippen LogP contribution in [0.4, 0.5) is 0 Å². The summed E-state index contributed by atoms with van der Waals surface area (Å²) in [5.41, 5.74) is 0. The van der Waals surface area contributed by atoms with Crippen LogP contribution >= 0.6 is 0 Å². The van der Waals surface area contributed by atoms with Crippen molar-refractivity contribution in [2.45, 2.75) is 258 Å². The second kappa shape index (κ2) is 43.0. The molecule has 0 spiro atoms. The standard InChI is InChI=1S/C46H88O5/c1-3-5-7-9-11-13-15-17-18-19-20-21-22-23-24-25-26-27-29-30-32-34-36-38-40-45(48)50-43-44(42-47)51-46(49)41-39-37-35-33-31-28-16-14-12-10-8-6-4-2/h14,16,44,47H,3-13,15,17-43H2,1-2H3/b16-14-. The maximum Gasteiger partial charge on any atom is 0.306 e. The number of unbranched alkanes of at least 4 members (excludes halogenated alkanes) is 32. The van der Waals surface area contributed by atoms with Crippen molar-refractivity contribution in [3.8, 4) is 0 Å². The van der Waals surface area contributed by atoms with Crippen molar-refractivity contribution in [2.75, 3.05) is 13.2 Å². The molecular formula is C46H88O5. The van der Waals surface area contributed by atoms with Gasteiger partial charge in [0.25, 0.3) is 0 Å². The van der Waals surface area contributed by atoms with Gasteiger partial charge in [0, 0.05) is 12.8 Å². The molecule has 0 aromatic heterocycles. The van der Waals surface area contributed by atoms with Crippen molar-refractivity contribution >= 4 is 11.9 Å². The van der Waals surface area contributed by atoms with E-state index < -0.39 is 6.10 Å². The zero-order valence-electron chi connectivity index (χ0n) is 34.4. The van der Waals surface area contributed by atoms with Crippen LogP contribution in [0.15, 0.2) is 12.2 Å². The Morgan fingerprint density at radius 2 is 0.725 bits per heavy atom. The van der Waals surface area contributed by atoms with Crippen molar-refractivity contribution in [3.63, 3.8) is 0 Å². The van der Waals surface area contributed by atoms with E-state index in [1.54, 1.807) is 0 Å². The molecule has 5 heteroatoms. The van der Waals surface area contributed by atoms with Crippen molar-refractivity contribution in [3.05, 3.63) is 12.2 Å². The summed E-state index contributed by atoms with van der Waals surface area (Å²) in [4.78, 5) is 24.3. The van der Waals surface area contributed by atoms with E-state index >= 15 is 0 Å². The number of hydrogen-bond acceptors (Lipinski definition) is 5. The Hall–Kier alpha value is -1.36. The molecule has 0 saturated heterocycles. The highest BCUT2D eigenvalue weighted by Gasteiger charge is 2.16. The van der Waals surface area contributed by atoms with Crippen LogP contribution in [-0.4, -0.2) is 36.4 Å². The molecule has 1 atom stereocenters. The van der Waals surface area contributed by atoms with Crippen molar-refractivity contribution in [1.82, 2.24) is 0 Å². The van der Waals surface area contributed by atoms with Gasteiger partial charge in [0.15, 0.2) is 6.10 Å². The fourth-order valence-electron chi connectivity index (χ4n) is 6.85. The molecule has 0 bridgehead atoms. The number of aliphatic hydroxyl groups is 1. The Balaban J connectivity index is 3.44. The largest absolute Gasteiger partial charge is 0.462 e. The zero-order chi connectivity index (χ0) is 37.1. The van der Waals surface area contributed by atoms with Gasteiger partial charge in [-0.15, -0.1) is 0 Å². The smallest absolute Gasteiger partial charge is 0.306 e. The molecule has 5 nitrogen and oxygen atoms in total. The van der Waals surface area contributed by atoms with Crippen LogP contribution in [0.25, 0.3) is 0 Å². The SMILES string of the molecule is CCCCCC/C=C\CCCCCCCC(=O)OC(CO)COC(=O)CCCCCCCCCCCCCCCCCCCCCCCCCC. The Bertz CT molecular complexity index is 735. The van der Waals surface area contributed by atoms with E-state index in [1.807, 2.05) is 0 Å². The molecule has 1 unspecified atom stereocenters. The summed E-state index contributed by atoms with van der Waals surface area (Å²) in [5, 5.41) is 9.57. The van der Waals surface area contributed by atoms with Gasteiger partial charge in [0.1, 0.15) is 6.61 Å². The first-order chi connectivity index (χ1) is 25.1. The summed E-state index contributed by atoms with van der Waals surface area (Å²) in [6.45, 7) is 4.15. The predicted octanol–water partition coefficient (Wildman–Crippen LogP) is 14.5. The summed E-state index contributed by atoms with van der Waals surface area (Å²) < 4.78 is 10.6. The molecule has 0 aliphatic carbocycles. The first-order valence-corrected chi connectivity index (χ1v) is 22.7. The molecule has 0 fully saturated rings. The Kier molecular flexibility index (Phi) is 41.9. The molecule has 0 radical (unpaired) electrons. The molecule has 0 aromatic rings. The highest BCUT2D eigenvalue weighted by molar-refractivity contribution is 5.70. The van der Waals surface area contributed by atoms with Crippen LogP contribution in [0.5, 0.6) is 0 Å². The molecule has 1 N–H and O–H groups in total. The van der Waals surface area contributed by atoms with E-state index in [0.717, 1.165) is 38.5 Å². The molecule has 0 saturated carbocycles. The van der Waals surface area contributed by atoms with Crippen LogP contribution in [0.2, 0.25) is 0 Å². The third kappa shape index (κ3) is 41.3. The van der Waals surface area contributed by atoms with Gasteiger partial charge in [-0.05, 0) is 38.5 Å². The fraction of sp³-hybridized carbons (Fsp3) is 0.913. The number of aliphatic hydroxyl groups excluding tert-OH is 1. The molecule has 51 heavy (non-hydrogen) atoms. The van der Waals surface area contributed by atoms with Gasteiger partial charge in [0.2, 0.25) is 0 Å². The quantitative estimate of drug-likeness (QED) is 0.0386. The summed E-state index contributed by atoms with van der Waals surface area (Å²) in [6.07, 6.45) is 50.1. The van der Waals surface area contributed by atoms with E-state index in [2.05, 4.69) is 26.0 Å². The van der Waals surface area contributed by atoms with Gasteiger partial charge in [0.05, 0.1) is 6.61 Å². The molecule has 0 aliphatic rings. The van der Waals surface area contributed by atoms with E-state index in [4.69, 9.17) is 9.47 Å². The lowest BCUT2D eigenvalue weighted by Gasteiger charge is -2.15. The van der Waals surface area contributed by atoms with E-state index in [0.29, 0.717) is 12.8 Å². The Morgan fingerprint density at radius 1 is 0.431 bits per heavy atom. The molecule has 0 aliphatic heterocycles. The minimum absolute atomic E-state index is 0.0629. The number of rotatable bonds is 42. The number of hydrogen-bond donors (Lipinski definition) is 1. The van der Waals surface area contributed by atoms with Crippen molar-refractivity contribution in [2.24, 2.45) is 0 Å². The number of esters is 2. The van der Waals surface area contributed by atoms with Gasteiger partial charge in [-0.1, -0.05) is 212 Å². The molecule has 302 valence electrons. The highest BCUT2D eigenvalue weighted by Crippen LogP contribution is 2.16. The van der Waals surface area contributed by atoms with Gasteiger partial charge in [-0.25, -0.2) is 0 Å².